The van der Waals surface area contributed by atoms with Gasteiger partial charge in [-0.3, -0.25) is 0 Å². The third-order valence-corrected chi connectivity index (χ3v) is 2.88. The second kappa shape index (κ2) is 4.24. The highest BCUT2D eigenvalue weighted by Gasteiger charge is 2.06. The minimum atomic E-state index is 0.174. The fraction of sp³-hybridized carbons (Fsp3) is 0.273. The van der Waals surface area contributed by atoms with Crippen molar-refractivity contribution in [3.63, 3.8) is 0 Å². The van der Waals surface area contributed by atoms with Gasteiger partial charge in [0.2, 0.25) is 0 Å². The summed E-state index contributed by atoms with van der Waals surface area (Å²) in [6, 6.07) is 6.18. The van der Waals surface area contributed by atoms with Crippen molar-refractivity contribution >= 4 is 26.8 Å². The van der Waals surface area contributed by atoms with Crippen molar-refractivity contribution < 1.29 is 0 Å². The van der Waals surface area contributed by atoms with Crippen LogP contribution in [0.3, 0.4) is 0 Å². The molecule has 78 valence electrons. The largest absolute Gasteiger partial charge is 0.311 e. The van der Waals surface area contributed by atoms with E-state index in [0.717, 1.165) is 21.2 Å². The van der Waals surface area contributed by atoms with Crippen LogP contribution in [0.25, 0.3) is 10.9 Å². The number of nitrogens with zero attached hydrogens (tertiary/aromatic N) is 2. The Kier molecular flexibility index (Phi) is 2.98. The first-order chi connectivity index (χ1) is 7.20. The molecule has 1 N–H and O–H groups in total. The zero-order valence-electron chi connectivity index (χ0n) is 8.66. The lowest BCUT2D eigenvalue weighted by atomic mass is 10.2. The maximum absolute atomic E-state index is 4.50. The minimum Gasteiger partial charge on any atom is -0.311 e. The van der Waals surface area contributed by atoms with Gasteiger partial charge in [0.1, 0.15) is 5.82 Å². The first-order valence-electron chi connectivity index (χ1n) is 4.80. The molecule has 0 amide bonds. The topological polar surface area (TPSA) is 37.8 Å². The second-order valence-corrected chi connectivity index (χ2v) is 4.36. The molecule has 0 saturated carbocycles. The predicted octanol–water partition coefficient (Wildman–Crippen LogP) is 2.67. The summed E-state index contributed by atoms with van der Waals surface area (Å²) in [6.45, 7) is 2.04. The first-order valence-corrected chi connectivity index (χ1v) is 5.59. The van der Waals surface area contributed by atoms with Gasteiger partial charge in [-0.1, -0.05) is 22.0 Å². The van der Waals surface area contributed by atoms with Crippen LogP contribution < -0.4 is 5.32 Å². The van der Waals surface area contributed by atoms with Gasteiger partial charge in [-0.05, 0) is 26.1 Å². The Morgan fingerprint density at radius 3 is 2.93 bits per heavy atom. The van der Waals surface area contributed by atoms with Crippen LogP contribution in [0.5, 0.6) is 0 Å². The van der Waals surface area contributed by atoms with Gasteiger partial charge in [-0.25, -0.2) is 9.97 Å². The molecule has 15 heavy (non-hydrogen) atoms. The highest BCUT2D eigenvalue weighted by molar-refractivity contribution is 9.10. The number of benzene rings is 1. The van der Waals surface area contributed by atoms with Crippen LogP contribution in [0, 0.1) is 0 Å². The highest BCUT2D eigenvalue weighted by atomic mass is 79.9. The average Bonchev–Trinajstić information content (AvgIpc) is 2.27. The summed E-state index contributed by atoms with van der Waals surface area (Å²) >= 11 is 3.44. The summed E-state index contributed by atoms with van der Waals surface area (Å²) in [7, 11) is 1.90. The molecule has 4 heteroatoms. The molecule has 0 radical (unpaired) electrons. The highest BCUT2D eigenvalue weighted by Crippen LogP contribution is 2.18. The standard InChI is InChI=1S/C11H12BrN3/c1-7(13-2)11-14-6-8-3-4-9(12)5-10(8)15-11/h3-7,13H,1-2H3. The lowest BCUT2D eigenvalue weighted by Crippen LogP contribution is -2.15. The summed E-state index contributed by atoms with van der Waals surface area (Å²) in [5.74, 6) is 0.822. The van der Waals surface area contributed by atoms with Crippen molar-refractivity contribution in [1.29, 1.82) is 0 Å². The number of aromatic nitrogens is 2. The Balaban J connectivity index is 2.54. The van der Waals surface area contributed by atoms with E-state index in [1.54, 1.807) is 0 Å². The molecule has 0 aliphatic heterocycles. The Labute approximate surface area is 97.1 Å². The van der Waals surface area contributed by atoms with E-state index in [1.807, 2.05) is 38.4 Å². The van der Waals surface area contributed by atoms with E-state index in [-0.39, 0.29) is 6.04 Å². The van der Waals surface area contributed by atoms with Gasteiger partial charge in [0.15, 0.2) is 0 Å². The maximum Gasteiger partial charge on any atom is 0.145 e. The van der Waals surface area contributed by atoms with Gasteiger partial charge < -0.3 is 5.32 Å². The molecule has 0 fully saturated rings. The molecule has 0 saturated heterocycles. The normalized spacial score (nSPS) is 13.0. The van der Waals surface area contributed by atoms with Crippen LogP contribution in [0.4, 0.5) is 0 Å². The van der Waals surface area contributed by atoms with Crippen LogP contribution >= 0.6 is 15.9 Å². The summed E-state index contributed by atoms with van der Waals surface area (Å²) in [5, 5.41) is 4.18. The molecule has 3 nitrogen and oxygen atoms in total. The first kappa shape index (κ1) is 10.5. The molecule has 1 atom stereocenters. The SMILES string of the molecule is CNC(C)c1ncc2ccc(Br)cc2n1. The van der Waals surface area contributed by atoms with E-state index in [2.05, 4.69) is 31.2 Å². The number of halogens is 1. The van der Waals surface area contributed by atoms with Gasteiger partial charge >= 0.3 is 0 Å². The molecule has 0 spiro atoms. The monoisotopic (exact) mass is 265 g/mol. The Morgan fingerprint density at radius 2 is 2.20 bits per heavy atom. The molecule has 1 aromatic carbocycles. The zero-order chi connectivity index (χ0) is 10.8. The van der Waals surface area contributed by atoms with Gasteiger partial charge in [-0.2, -0.15) is 0 Å². The minimum absolute atomic E-state index is 0.174. The Morgan fingerprint density at radius 1 is 1.40 bits per heavy atom. The van der Waals surface area contributed by atoms with Gasteiger partial charge in [0, 0.05) is 16.1 Å². The molecule has 1 heterocycles. The third-order valence-electron chi connectivity index (χ3n) is 2.38. The maximum atomic E-state index is 4.50. The van der Waals surface area contributed by atoms with Gasteiger partial charge in [0.05, 0.1) is 11.6 Å². The van der Waals surface area contributed by atoms with Crippen LogP contribution in [0.2, 0.25) is 0 Å². The van der Waals surface area contributed by atoms with Crippen molar-refractivity contribution in [2.24, 2.45) is 0 Å². The van der Waals surface area contributed by atoms with Crippen LogP contribution in [0.15, 0.2) is 28.9 Å². The third kappa shape index (κ3) is 2.16. The van der Waals surface area contributed by atoms with E-state index in [9.17, 15) is 0 Å². The van der Waals surface area contributed by atoms with E-state index in [1.165, 1.54) is 0 Å². The number of fused-ring (bicyclic) bond motifs is 1. The molecule has 0 bridgehead atoms. The van der Waals surface area contributed by atoms with E-state index < -0.39 is 0 Å². The average molecular weight is 266 g/mol. The van der Waals surface area contributed by atoms with Gasteiger partial charge in [0.25, 0.3) is 0 Å². The zero-order valence-corrected chi connectivity index (χ0v) is 10.2. The Bertz CT molecular complexity index is 484. The number of hydrogen-bond donors (Lipinski definition) is 1. The second-order valence-electron chi connectivity index (χ2n) is 3.44. The van der Waals surface area contributed by atoms with E-state index in [4.69, 9.17) is 0 Å². The van der Waals surface area contributed by atoms with Crippen molar-refractivity contribution in [3.05, 3.63) is 34.7 Å². The smallest absolute Gasteiger partial charge is 0.145 e. The van der Waals surface area contributed by atoms with Crippen molar-refractivity contribution in [2.45, 2.75) is 13.0 Å². The lowest BCUT2D eigenvalue weighted by Gasteiger charge is -2.08. The summed E-state index contributed by atoms with van der Waals surface area (Å²) in [4.78, 5) is 8.82. The van der Waals surface area contributed by atoms with E-state index in [0.29, 0.717) is 0 Å². The van der Waals surface area contributed by atoms with Crippen LogP contribution in [-0.2, 0) is 0 Å². The Hall–Kier alpha value is -1.00. The molecule has 2 rings (SSSR count). The quantitative estimate of drug-likeness (QED) is 0.908. The molecule has 1 aromatic heterocycles. The molecule has 0 aliphatic carbocycles. The fourth-order valence-electron chi connectivity index (χ4n) is 1.35. The summed E-state index contributed by atoms with van der Waals surface area (Å²) in [5.41, 5.74) is 0.969. The van der Waals surface area contributed by atoms with Crippen LogP contribution in [-0.4, -0.2) is 17.0 Å². The number of hydrogen-bond acceptors (Lipinski definition) is 3. The number of rotatable bonds is 2. The molecule has 0 aliphatic rings. The predicted molar refractivity (Wildman–Crippen MR) is 64.7 cm³/mol. The van der Waals surface area contributed by atoms with Crippen molar-refractivity contribution in [3.8, 4) is 0 Å². The summed E-state index contributed by atoms with van der Waals surface area (Å²) in [6.07, 6.45) is 1.86. The van der Waals surface area contributed by atoms with Gasteiger partial charge in [-0.15, -0.1) is 0 Å². The molecule has 2 aromatic rings. The van der Waals surface area contributed by atoms with Crippen molar-refractivity contribution in [1.82, 2.24) is 15.3 Å². The number of nitrogens with one attached hydrogen (secondary N) is 1. The van der Waals surface area contributed by atoms with E-state index >= 15 is 0 Å². The summed E-state index contributed by atoms with van der Waals surface area (Å²) < 4.78 is 1.04. The molecule has 1 unspecified atom stereocenters. The van der Waals surface area contributed by atoms with Crippen LogP contribution in [0.1, 0.15) is 18.8 Å². The molecular weight excluding hydrogens is 254 g/mol. The lowest BCUT2D eigenvalue weighted by molar-refractivity contribution is 0.613. The van der Waals surface area contributed by atoms with Crippen molar-refractivity contribution in [2.75, 3.05) is 7.05 Å². The molecular formula is C11H12BrN3. The fourth-order valence-corrected chi connectivity index (χ4v) is 1.70.